The van der Waals surface area contributed by atoms with Gasteiger partial charge in [-0.05, 0) is 79.4 Å². The molecule has 0 aromatic rings. The molecule has 3 heteroatoms. The standard InChI is InChI=1S/C22H34O3/c1-13(24)25-18-6-7-20(4)16(19(18,2)3)5-8-21-10-15-14(9-17(20)21)22(15,11-21)12-23/h14-18,23H,5-12H2,1-4H3/t14-,15+,16-,17+,18-,20-,21+,22+/m1/s1. The lowest BCUT2D eigenvalue weighted by molar-refractivity contribution is -0.204. The van der Waals surface area contributed by atoms with Crippen molar-refractivity contribution in [1.82, 2.24) is 0 Å². The topological polar surface area (TPSA) is 46.5 Å². The number of rotatable bonds is 2. The van der Waals surface area contributed by atoms with Gasteiger partial charge >= 0.3 is 5.97 Å². The van der Waals surface area contributed by atoms with Gasteiger partial charge in [0.25, 0.3) is 0 Å². The van der Waals surface area contributed by atoms with Gasteiger partial charge in [-0.1, -0.05) is 20.8 Å². The molecule has 0 amide bonds. The molecule has 8 atom stereocenters. The van der Waals surface area contributed by atoms with Crippen molar-refractivity contribution in [3.63, 3.8) is 0 Å². The van der Waals surface area contributed by atoms with Crippen LogP contribution in [0.2, 0.25) is 0 Å². The number of hydrogen-bond acceptors (Lipinski definition) is 3. The Morgan fingerprint density at radius 1 is 1.12 bits per heavy atom. The SMILES string of the molecule is CC(=O)O[C@@H]1CC[C@]2(C)[C@H](CC[C@@]34C[C@H]5[C@@H](C[C@H]32)[C@@]5(CO)C4)C1(C)C. The molecule has 140 valence electrons. The van der Waals surface area contributed by atoms with Crippen LogP contribution in [0.1, 0.15) is 72.6 Å². The second kappa shape index (κ2) is 4.64. The Morgan fingerprint density at radius 3 is 2.52 bits per heavy atom. The van der Waals surface area contributed by atoms with Crippen molar-refractivity contribution in [2.24, 2.45) is 45.3 Å². The molecular weight excluding hydrogens is 312 g/mol. The monoisotopic (exact) mass is 346 g/mol. The van der Waals surface area contributed by atoms with Crippen molar-refractivity contribution in [3.05, 3.63) is 0 Å². The Balaban J connectivity index is 1.47. The number of carbonyl (C=O) groups is 1. The van der Waals surface area contributed by atoms with E-state index in [9.17, 15) is 9.90 Å². The quantitative estimate of drug-likeness (QED) is 0.763. The van der Waals surface area contributed by atoms with E-state index in [0.717, 1.165) is 24.2 Å². The van der Waals surface area contributed by atoms with Crippen molar-refractivity contribution in [2.45, 2.75) is 78.7 Å². The first-order valence-corrected chi connectivity index (χ1v) is 10.5. The van der Waals surface area contributed by atoms with Crippen LogP contribution in [0.3, 0.4) is 0 Å². The lowest BCUT2D eigenvalue weighted by Gasteiger charge is -2.66. The van der Waals surface area contributed by atoms with E-state index in [1.807, 2.05) is 0 Å². The highest BCUT2D eigenvalue weighted by molar-refractivity contribution is 5.66. The Bertz CT molecular complexity index is 627. The first kappa shape index (κ1) is 16.6. The summed E-state index contributed by atoms with van der Waals surface area (Å²) in [7, 11) is 0. The molecule has 6 aliphatic carbocycles. The Morgan fingerprint density at radius 2 is 1.88 bits per heavy atom. The Hall–Kier alpha value is -0.570. The van der Waals surface area contributed by atoms with Crippen LogP contribution in [0.25, 0.3) is 0 Å². The molecule has 6 aliphatic rings. The van der Waals surface area contributed by atoms with Gasteiger partial charge < -0.3 is 9.84 Å². The number of aliphatic hydroxyl groups is 1. The second-order valence-electron chi connectivity index (χ2n) is 11.2. The first-order chi connectivity index (χ1) is 11.7. The van der Waals surface area contributed by atoms with E-state index in [-0.39, 0.29) is 17.5 Å². The second-order valence-corrected chi connectivity index (χ2v) is 11.2. The third kappa shape index (κ3) is 1.79. The van der Waals surface area contributed by atoms with E-state index in [2.05, 4.69) is 20.8 Å². The van der Waals surface area contributed by atoms with E-state index in [4.69, 9.17) is 4.74 Å². The van der Waals surface area contributed by atoms with Gasteiger partial charge in [0.15, 0.2) is 0 Å². The molecule has 6 fully saturated rings. The Labute approximate surface area is 151 Å². The summed E-state index contributed by atoms with van der Waals surface area (Å²) in [4.78, 5) is 11.6. The number of aliphatic hydroxyl groups excluding tert-OH is 1. The first-order valence-electron chi connectivity index (χ1n) is 10.5. The number of fused-ring (bicyclic) bond motifs is 1. The fourth-order valence-corrected chi connectivity index (χ4v) is 9.26. The molecule has 6 saturated carbocycles. The largest absolute Gasteiger partial charge is 0.462 e. The van der Waals surface area contributed by atoms with Crippen LogP contribution in [0.5, 0.6) is 0 Å². The van der Waals surface area contributed by atoms with Crippen molar-refractivity contribution in [3.8, 4) is 0 Å². The highest BCUT2D eigenvalue weighted by Crippen LogP contribution is 2.85. The van der Waals surface area contributed by atoms with Crippen LogP contribution in [0.15, 0.2) is 0 Å². The van der Waals surface area contributed by atoms with Crippen LogP contribution in [-0.4, -0.2) is 23.8 Å². The van der Waals surface area contributed by atoms with E-state index in [1.165, 1.54) is 38.5 Å². The molecule has 1 N–H and O–H groups in total. The summed E-state index contributed by atoms with van der Waals surface area (Å²) in [6, 6.07) is 0. The summed E-state index contributed by atoms with van der Waals surface area (Å²) in [6.45, 7) is 9.25. The smallest absolute Gasteiger partial charge is 0.302 e. The number of esters is 1. The zero-order valence-corrected chi connectivity index (χ0v) is 16.3. The van der Waals surface area contributed by atoms with Gasteiger partial charge in [0.05, 0.1) is 0 Å². The van der Waals surface area contributed by atoms with Crippen molar-refractivity contribution in [2.75, 3.05) is 6.61 Å². The van der Waals surface area contributed by atoms with Gasteiger partial charge in [0.1, 0.15) is 6.10 Å². The average Bonchev–Trinajstić information content (AvgIpc) is 3.04. The maximum atomic E-state index is 11.6. The van der Waals surface area contributed by atoms with E-state index >= 15 is 0 Å². The predicted molar refractivity (Wildman–Crippen MR) is 95.7 cm³/mol. The molecule has 25 heavy (non-hydrogen) atoms. The zero-order valence-electron chi connectivity index (χ0n) is 16.3. The molecule has 0 aliphatic heterocycles. The van der Waals surface area contributed by atoms with Crippen LogP contribution in [0.4, 0.5) is 0 Å². The molecule has 3 nitrogen and oxygen atoms in total. The summed E-state index contributed by atoms with van der Waals surface area (Å²) in [6.07, 6.45) is 8.95. The van der Waals surface area contributed by atoms with Gasteiger partial charge in [-0.15, -0.1) is 0 Å². The number of carbonyl (C=O) groups excluding carboxylic acids is 1. The highest BCUT2D eigenvalue weighted by atomic mass is 16.5. The molecule has 0 heterocycles. The van der Waals surface area contributed by atoms with Crippen molar-refractivity contribution < 1.29 is 14.6 Å². The third-order valence-electron chi connectivity index (χ3n) is 10.2. The molecule has 0 aromatic carbocycles. The van der Waals surface area contributed by atoms with Crippen LogP contribution in [0, 0.1) is 45.3 Å². The molecular formula is C22H34O3. The average molecular weight is 347 g/mol. The molecule has 1 spiro atoms. The highest BCUT2D eigenvalue weighted by Gasteiger charge is 2.80. The van der Waals surface area contributed by atoms with Gasteiger partial charge in [-0.2, -0.15) is 0 Å². The van der Waals surface area contributed by atoms with Crippen LogP contribution < -0.4 is 0 Å². The van der Waals surface area contributed by atoms with E-state index < -0.39 is 0 Å². The minimum atomic E-state index is -0.126. The van der Waals surface area contributed by atoms with Gasteiger partial charge in [0.2, 0.25) is 0 Å². The molecule has 0 radical (unpaired) electrons. The van der Waals surface area contributed by atoms with Gasteiger partial charge in [0, 0.05) is 24.4 Å². The summed E-state index contributed by atoms with van der Waals surface area (Å²) < 4.78 is 5.76. The van der Waals surface area contributed by atoms with Crippen molar-refractivity contribution in [1.29, 1.82) is 0 Å². The maximum Gasteiger partial charge on any atom is 0.302 e. The number of hydrogen-bond donors (Lipinski definition) is 1. The van der Waals surface area contributed by atoms with Crippen LogP contribution in [-0.2, 0) is 9.53 Å². The lowest BCUT2D eigenvalue weighted by Crippen LogP contribution is -2.61. The molecule has 0 aromatic heterocycles. The van der Waals surface area contributed by atoms with Crippen molar-refractivity contribution >= 4 is 5.97 Å². The van der Waals surface area contributed by atoms with E-state index in [0.29, 0.717) is 28.8 Å². The Kier molecular flexibility index (Phi) is 3.08. The summed E-state index contributed by atoms with van der Waals surface area (Å²) in [5.41, 5.74) is 1.29. The van der Waals surface area contributed by atoms with E-state index in [1.54, 1.807) is 6.92 Å². The lowest BCUT2D eigenvalue weighted by atomic mass is 9.39. The maximum absolute atomic E-state index is 11.6. The normalized spacial score (nSPS) is 57.4. The molecule has 6 rings (SSSR count). The summed E-state index contributed by atoms with van der Waals surface area (Å²) in [5.74, 6) is 2.97. The minimum absolute atomic E-state index is 0.0680. The molecule has 0 saturated heterocycles. The number of ether oxygens (including phenoxy) is 1. The molecule has 4 bridgehead atoms. The molecule has 0 unspecified atom stereocenters. The van der Waals surface area contributed by atoms with Crippen LogP contribution >= 0.6 is 0 Å². The fraction of sp³-hybridized carbons (Fsp3) is 0.955. The van der Waals surface area contributed by atoms with Gasteiger partial charge in [-0.3, -0.25) is 4.79 Å². The zero-order chi connectivity index (χ0) is 17.8. The summed E-state index contributed by atoms with van der Waals surface area (Å²) >= 11 is 0. The summed E-state index contributed by atoms with van der Waals surface area (Å²) in [5, 5.41) is 10.0. The fourth-order valence-electron chi connectivity index (χ4n) is 9.26. The van der Waals surface area contributed by atoms with Gasteiger partial charge in [-0.25, -0.2) is 0 Å². The minimum Gasteiger partial charge on any atom is -0.462 e. The predicted octanol–water partition coefficient (Wildman–Crippen LogP) is 4.18. The third-order valence-corrected chi connectivity index (χ3v) is 10.2.